The first kappa shape index (κ1) is 22.1. The third-order valence-corrected chi connectivity index (χ3v) is 5.91. The molecule has 4 rings (SSSR count). The van der Waals surface area contributed by atoms with Crippen LogP contribution >= 0.6 is 11.6 Å². The fourth-order valence-corrected chi connectivity index (χ4v) is 4.17. The van der Waals surface area contributed by atoms with Crippen molar-refractivity contribution in [3.8, 4) is 17.2 Å². The number of aromatic carboxylic acids is 1. The molecule has 7 heteroatoms. The van der Waals surface area contributed by atoms with Gasteiger partial charge in [0.1, 0.15) is 22.8 Å². The van der Waals surface area contributed by atoms with Crippen molar-refractivity contribution in [1.82, 2.24) is 5.32 Å². The zero-order chi connectivity index (χ0) is 22.7. The van der Waals surface area contributed by atoms with E-state index in [4.69, 9.17) is 16.3 Å². The van der Waals surface area contributed by atoms with Crippen LogP contribution in [0, 0.1) is 0 Å². The molecule has 0 saturated heterocycles. The van der Waals surface area contributed by atoms with Crippen LogP contribution in [-0.2, 0) is 12.8 Å². The molecule has 0 amide bonds. The summed E-state index contributed by atoms with van der Waals surface area (Å²) in [4.78, 5) is 11.2. The molecule has 0 fully saturated rings. The number of halogens is 1. The fraction of sp³-hybridized carbons (Fsp3) is 0.240. The van der Waals surface area contributed by atoms with Gasteiger partial charge in [-0.1, -0.05) is 29.8 Å². The highest BCUT2D eigenvalue weighted by Crippen LogP contribution is 2.31. The molecular weight excluding hydrogens is 430 g/mol. The highest BCUT2D eigenvalue weighted by atomic mass is 35.5. The van der Waals surface area contributed by atoms with Gasteiger partial charge in [-0.3, -0.25) is 0 Å². The Kier molecular flexibility index (Phi) is 6.65. The molecule has 0 radical (unpaired) electrons. The standard InChI is InChI=1S/C25H24ClNO5/c26-18-3-1-2-16(10-18)24(29)14-27-19-6-4-15-5-7-20(12-17(15)11-19)32-21-8-9-23(28)22(13-21)25(30)31/h1-3,5,7-10,12-13,19,24,27-29H,4,6,11,14H2,(H,30,31)/t19-,24+/m0/s1. The van der Waals surface area contributed by atoms with Gasteiger partial charge in [0.2, 0.25) is 0 Å². The van der Waals surface area contributed by atoms with Crippen LogP contribution in [0.25, 0.3) is 0 Å². The number of nitrogens with one attached hydrogen (secondary N) is 1. The Labute approximate surface area is 191 Å². The third kappa shape index (κ3) is 5.22. The first-order valence-electron chi connectivity index (χ1n) is 10.4. The monoisotopic (exact) mass is 453 g/mol. The van der Waals surface area contributed by atoms with E-state index < -0.39 is 12.1 Å². The number of carbonyl (C=O) groups is 1. The maximum atomic E-state index is 11.2. The highest BCUT2D eigenvalue weighted by Gasteiger charge is 2.20. The van der Waals surface area contributed by atoms with Crippen molar-refractivity contribution in [3.63, 3.8) is 0 Å². The topological polar surface area (TPSA) is 99.0 Å². The summed E-state index contributed by atoms with van der Waals surface area (Å²) in [5, 5.41) is 33.3. The van der Waals surface area contributed by atoms with Gasteiger partial charge < -0.3 is 25.4 Å². The smallest absolute Gasteiger partial charge is 0.339 e. The normalized spacial score (nSPS) is 16.2. The zero-order valence-corrected chi connectivity index (χ0v) is 18.0. The van der Waals surface area contributed by atoms with Gasteiger partial charge in [-0.15, -0.1) is 0 Å². The van der Waals surface area contributed by atoms with Crippen LogP contribution in [0.2, 0.25) is 5.02 Å². The van der Waals surface area contributed by atoms with E-state index in [1.165, 1.54) is 23.8 Å². The highest BCUT2D eigenvalue weighted by molar-refractivity contribution is 6.30. The number of rotatable bonds is 7. The van der Waals surface area contributed by atoms with E-state index >= 15 is 0 Å². The first-order chi connectivity index (χ1) is 15.4. The molecule has 1 aliphatic rings. The number of aromatic hydroxyl groups is 1. The lowest BCUT2D eigenvalue weighted by Gasteiger charge is -2.27. The number of aliphatic hydroxyl groups excluding tert-OH is 1. The second-order valence-electron chi connectivity index (χ2n) is 7.94. The van der Waals surface area contributed by atoms with Crippen molar-refractivity contribution in [2.75, 3.05) is 6.54 Å². The quantitative estimate of drug-likeness (QED) is 0.413. The summed E-state index contributed by atoms with van der Waals surface area (Å²) >= 11 is 6.01. The van der Waals surface area contributed by atoms with Gasteiger partial charge in [-0.2, -0.15) is 0 Å². The Morgan fingerprint density at radius 2 is 1.88 bits per heavy atom. The zero-order valence-electron chi connectivity index (χ0n) is 17.3. The number of aryl methyl sites for hydroxylation is 1. The van der Waals surface area contributed by atoms with Crippen molar-refractivity contribution in [2.24, 2.45) is 0 Å². The molecule has 166 valence electrons. The number of carboxylic acid groups (broad SMARTS) is 1. The molecule has 1 aliphatic carbocycles. The molecule has 0 unspecified atom stereocenters. The SMILES string of the molecule is O=C(O)c1cc(Oc2ccc3c(c2)C[C@@H](NC[C@@H](O)c2cccc(Cl)c2)CC3)ccc1O. The molecule has 0 bridgehead atoms. The van der Waals surface area contributed by atoms with Gasteiger partial charge in [0.15, 0.2) is 0 Å². The number of phenols is 1. The van der Waals surface area contributed by atoms with Crippen LogP contribution in [0.15, 0.2) is 60.7 Å². The summed E-state index contributed by atoms with van der Waals surface area (Å²) in [5.74, 6) is -0.572. The van der Waals surface area contributed by atoms with Gasteiger partial charge in [0.05, 0.1) is 6.10 Å². The Bertz CT molecular complexity index is 1130. The number of ether oxygens (including phenoxy) is 1. The molecule has 0 spiro atoms. The Hall–Kier alpha value is -3.06. The summed E-state index contributed by atoms with van der Waals surface area (Å²) in [6.07, 6.45) is 2.05. The van der Waals surface area contributed by atoms with Crippen molar-refractivity contribution in [3.05, 3.63) is 87.9 Å². The van der Waals surface area contributed by atoms with Crippen molar-refractivity contribution in [2.45, 2.75) is 31.4 Å². The minimum absolute atomic E-state index is 0.206. The van der Waals surface area contributed by atoms with E-state index in [0.717, 1.165) is 30.4 Å². The van der Waals surface area contributed by atoms with Crippen LogP contribution in [0.1, 0.15) is 39.6 Å². The Morgan fingerprint density at radius 1 is 1.09 bits per heavy atom. The lowest BCUT2D eigenvalue weighted by atomic mass is 9.88. The van der Waals surface area contributed by atoms with Crippen molar-refractivity contribution < 1.29 is 24.9 Å². The lowest BCUT2D eigenvalue weighted by Crippen LogP contribution is -2.37. The Morgan fingerprint density at radius 3 is 2.66 bits per heavy atom. The van der Waals surface area contributed by atoms with Gasteiger partial charge in [-0.05, 0) is 78.4 Å². The van der Waals surface area contributed by atoms with E-state index in [2.05, 4.69) is 5.32 Å². The summed E-state index contributed by atoms with van der Waals surface area (Å²) in [5.41, 5.74) is 2.98. The van der Waals surface area contributed by atoms with E-state index in [9.17, 15) is 20.1 Å². The van der Waals surface area contributed by atoms with Crippen LogP contribution in [0.5, 0.6) is 17.2 Å². The number of fused-ring (bicyclic) bond motifs is 1. The first-order valence-corrected chi connectivity index (χ1v) is 10.8. The molecule has 0 aromatic heterocycles. The summed E-state index contributed by atoms with van der Waals surface area (Å²) in [7, 11) is 0. The van der Waals surface area contributed by atoms with Gasteiger partial charge >= 0.3 is 5.97 Å². The average molecular weight is 454 g/mol. The lowest BCUT2D eigenvalue weighted by molar-refractivity contribution is 0.0693. The molecule has 4 N–H and O–H groups in total. The maximum absolute atomic E-state index is 11.2. The molecule has 32 heavy (non-hydrogen) atoms. The molecule has 0 saturated carbocycles. The summed E-state index contributed by atoms with van der Waals surface area (Å²) in [6, 6.07) is 17.5. The third-order valence-electron chi connectivity index (χ3n) is 5.67. The molecule has 0 heterocycles. The van der Waals surface area contributed by atoms with Gasteiger partial charge in [0.25, 0.3) is 0 Å². The van der Waals surface area contributed by atoms with E-state index in [1.807, 2.05) is 30.3 Å². The Balaban J connectivity index is 1.41. The van der Waals surface area contributed by atoms with Gasteiger partial charge in [0, 0.05) is 17.6 Å². The van der Waals surface area contributed by atoms with E-state index in [-0.39, 0.29) is 17.4 Å². The van der Waals surface area contributed by atoms with E-state index in [1.54, 1.807) is 12.1 Å². The maximum Gasteiger partial charge on any atom is 0.339 e. The van der Waals surface area contributed by atoms with Crippen molar-refractivity contribution in [1.29, 1.82) is 0 Å². The average Bonchev–Trinajstić information content (AvgIpc) is 2.78. The number of benzene rings is 3. The van der Waals surface area contributed by atoms with E-state index in [0.29, 0.717) is 23.1 Å². The van der Waals surface area contributed by atoms with Crippen LogP contribution in [0.3, 0.4) is 0 Å². The second-order valence-corrected chi connectivity index (χ2v) is 8.37. The second kappa shape index (κ2) is 9.61. The van der Waals surface area contributed by atoms with Crippen LogP contribution < -0.4 is 10.1 Å². The number of hydrogen-bond acceptors (Lipinski definition) is 5. The number of hydrogen-bond donors (Lipinski definition) is 4. The van der Waals surface area contributed by atoms with Gasteiger partial charge in [-0.25, -0.2) is 4.79 Å². The predicted molar refractivity (Wildman–Crippen MR) is 122 cm³/mol. The molecular formula is C25H24ClNO5. The molecule has 3 aromatic rings. The number of carboxylic acids is 1. The summed E-state index contributed by atoms with van der Waals surface area (Å²) < 4.78 is 5.85. The fourth-order valence-electron chi connectivity index (χ4n) is 3.97. The minimum Gasteiger partial charge on any atom is -0.507 e. The molecule has 6 nitrogen and oxygen atoms in total. The molecule has 2 atom stereocenters. The largest absolute Gasteiger partial charge is 0.507 e. The van der Waals surface area contributed by atoms with Crippen LogP contribution in [-0.4, -0.2) is 33.9 Å². The van der Waals surface area contributed by atoms with Crippen molar-refractivity contribution >= 4 is 17.6 Å². The summed E-state index contributed by atoms with van der Waals surface area (Å²) in [6.45, 7) is 0.433. The molecule has 3 aromatic carbocycles. The minimum atomic E-state index is -1.22. The molecule has 0 aliphatic heterocycles. The number of aliphatic hydroxyl groups is 1. The predicted octanol–water partition coefficient (Wildman–Crippen LogP) is 4.72. The van der Waals surface area contributed by atoms with Crippen LogP contribution in [0.4, 0.5) is 0 Å².